The number of pyridine rings is 1. The van der Waals surface area contributed by atoms with Crippen molar-refractivity contribution < 1.29 is 9.53 Å². The van der Waals surface area contributed by atoms with E-state index in [1.54, 1.807) is 5.57 Å². The van der Waals surface area contributed by atoms with Crippen LogP contribution in [0.4, 0.5) is 0 Å². The van der Waals surface area contributed by atoms with Crippen molar-refractivity contribution in [2.75, 3.05) is 6.61 Å². The molecule has 0 bridgehead atoms. The lowest BCUT2D eigenvalue weighted by Gasteiger charge is -2.58. The summed E-state index contributed by atoms with van der Waals surface area (Å²) in [6.45, 7) is 7.87. The molecule has 0 spiro atoms. The number of ether oxygens (including phenoxy) is 1. The molecule has 3 heteroatoms. The van der Waals surface area contributed by atoms with Crippen molar-refractivity contribution in [2.24, 2.45) is 34.5 Å². The predicted octanol–water partition coefficient (Wildman–Crippen LogP) is 5.83. The molecule has 3 nitrogen and oxygen atoms in total. The zero-order chi connectivity index (χ0) is 20.2. The van der Waals surface area contributed by atoms with Crippen molar-refractivity contribution in [1.29, 1.82) is 0 Å². The number of hydrogen-bond acceptors (Lipinski definition) is 3. The monoisotopic (exact) mass is 393 g/mol. The van der Waals surface area contributed by atoms with Gasteiger partial charge in [-0.25, -0.2) is 0 Å². The number of esters is 1. The van der Waals surface area contributed by atoms with E-state index in [1.165, 1.54) is 43.2 Å². The maximum atomic E-state index is 12.0. The molecule has 3 aliphatic carbocycles. The SMILES string of the molecule is CCc1cncc(C2=CC[C@H]3[C@@H]4CC[C@H]5COC(=O)CC[C@]5(C)[C@H]4CC[C@]23C)c1. The lowest BCUT2D eigenvalue weighted by atomic mass is 9.46. The third kappa shape index (κ3) is 2.91. The Bertz CT molecular complexity index is 845. The molecule has 29 heavy (non-hydrogen) atoms. The number of cyclic esters (lactones) is 1. The van der Waals surface area contributed by atoms with Crippen LogP contribution < -0.4 is 0 Å². The molecule has 0 radical (unpaired) electrons. The van der Waals surface area contributed by atoms with Crippen molar-refractivity contribution in [3.8, 4) is 0 Å². The summed E-state index contributed by atoms with van der Waals surface area (Å²) in [4.78, 5) is 16.5. The third-order valence-electron chi connectivity index (χ3n) is 9.47. The Morgan fingerprint density at radius 2 is 2.00 bits per heavy atom. The Labute approximate surface area is 175 Å². The molecule has 5 rings (SSSR count). The summed E-state index contributed by atoms with van der Waals surface area (Å²) in [5.74, 6) is 2.82. The number of aryl methyl sites for hydroxylation is 1. The molecule has 0 N–H and O–H groups in total. The number of aromatic nitrogens is 1. The standard InChI is InChI=1S/C26H35NO2/c1-4-17-13-18(15-27-14-17)21-7-8-22-20-6-5-19-16-29-24(28)10-12-25(19,2)23(20)9-11-26(21,22)3/h7,13-15,19-20,22-23H,4-6,8-12,16H2,1-3H3/t19-,20-,22-,23-,25-,26+/m0/s1. The van der Waals surface area contributed by atoms with Crippen LogP contribution in [0, 0.1) is 34.5 Å². The molecule has 1 saturated heterocycles. The summed E-state index contributed by atoms with van der Waals surface area (Å²) < 4.78 is 5.56. The molecule has 1 aromatic heterocycles. The highest BCUT2D eigenvalue weighted by atomic mass is 16.5. The summed E-state index contributed by atoms with van der Waals surface area (Å²) in [6.07, 6.45) is 15.6. The van der Waals surface area contributed by atoms with E-state index >= 15 is 0 Å². The number of carbonyl (C=O) groups excluding carboxylic acids is 1. The maximum Gasteiger partial charge on any atom is 0.305 e. The topological polar surface area (TPSA) is 39.2 Å². The molecule has 0 aromatic carbocycles. The van der Waals surface area contributed by atoms with Gasteiger partial charge < -0.3 is 4.74 Å². The number of hydrogen-bond donors (Lipinski definition) is 0. The first-order valence-corrected chi connectivity index (χ1v) is 11.8. The summed E-state index contributed by atoms with van der Waals surface area (Å²) in [5.41, 5.74) is 4.77. The smallest absolute Gasteiger partial charge is 0.305 e. The zero-order valence-corrected chi connectivity index (χ0v) is 18.2. The largest absolute Gasteiger partial charge is 0.465 e. The van der Waals surface area contributed by atoms with Gasteiger partial charge in [0, 0.05) is 18.8 Å². The minimum Gasteiger partial charge on any atom is -0.465 e. The van der Waals surface area contributed by atoms with Crippen LogP contribution in [0.15, 0.2) is 24.5 Å². The van der Waals surface area contributed by atoms with Crippen molar-refractivity contribution in [1.82, 2.24) is 4.98 Å². The van der Waals surface area contributed by atoms with Gasteiger partial charge in [0.15, 0.2) is 0 Å². The highest BCUT2D eigenvalue weighted by Gasteiger charge is 2.58. The quantitative estimate of drug-likeness (QED) is 0.593. The van der Waals surface area contributed by atoms with E-state index in [1.807, 2.05) is 6.20 Å². The van der Waals surface area contributed by atoms with Gasteiger partial charge in [-0.1, -0.05) is 26.8 Å². The summed E-state index contributed by atoms with van der Waals surface area (Å²) >= 11 is 0. The normalized spacial score (nSPS) is 41.5. The van der Waals surface area contributed by atoms with Crippen molar-refractivity contribution in [3.05, 3.63) is 35.7 Å². The van der Waals surface area contributed by atoms with E-state index in [-0.39, 0.29) is 16.8 Å². The van der Waals surface area contributed by atoms with Gasteiger partial charge in [0.05, 0.1) is 6.61 Å². The summed E-state index contributed by atoms with van der Waals surface area (Å²) in [5, 5.41) is 0. The maximum absolute atomic E-state index is 12.0. The number of nitrogens with zero attached hydrogens (tertiary/aromatic N) is 1. The van der Waals surface area contributed by atoms with Crippen molar-refractivity contribution in [2.45, 2.75) is 72.1 Å². The fraction of sp³-hybridized carbons (Fsp3) is 0.692. The van der Waals surface area contributed by atoms with Gasteiger partial charge in [0.25, 0.3) is 0 Å². The molecule has 4 aliphatic rings. The average Bonchev–Trinajstić information content (AvgIpc) is 3.01. The van der Waals surface area contributed by atoms with Crippen LogP contribution >= 0.6 is 0 Å². The number of allylic oxidation sites excluding steroid dienone is 2. The molecule has 6 atom stereocenters. The Kier molecular flexibility index (Phi) is 4.64. The van der Waals surface area contributed by atoms with E-state index in [2.05, 4.69) is 44.1 Å². The van der Waals surface area contributed by atoms with Crippen LogP contribution in [0.2, 0.25) is 0 Å². The van der Waals surface area contributed by atoms with Crippen LogP contribution in [0.1, 0.15) is 76.8 Å². The second-order valence-corrected chi connectivity index (χ2v) is 10.6. The Hall–Kier alpha value is -1.64. The van der Waals surface area contributed by atoms with Crippen molar-refractivity contribution in [3.63, 3.8) is 0 Å². The summed E-state index contributed by atoms with van der Waals surface area (Å²) in [7, 11) is 0. The second-order valence-electron chi connectivity index (χ2n) is 10.6. The van der Waals surface area contributed by atoms with E-state index in [4.69, 9.17) is 4.74 Å². The number of fused-ring (bicyclic) bond motifs is 5. The van der Waals surface area contributed by atoms with Gasteiger partial charge in [-0.3, -0.25) is 9.78 Å². The first-order valence-electron chi connectivity index (χ1n) is 11.8. The van der Waals surface area contributed by atoms with Gasteiger partial charge in [-0.15, -0.1) is 0 Å². The fourth-order valence-corrected chi connectivity index (χ4v) is 7.68. The fourth-order valence-electron chi connectivity index (χ4n) is 7.68. The molecule has 1 aliphatic heterocycles. The van der Waals surface area contributed by atoms with Gasteiger partial charge in [0.2, 0.25) is 0 Å². The van der Waals surface area contributed by atoms with Crippen LogP contribution in [-0.4, -0.2) is 17.6 Å². The van der Waals surface area contributed by atoms with Crippen LogP contribution in [-0.2, 0) is 16.0 Å². The van der Waals surface area contributed by atoms with Crippen LogP contribution in [0.3, 0.4) is 0 Å². The molecule has 0 unspecified atom stereocenters. The molecule has 3 fully saturated rings. The minimum atomic E-state index is 0.0194. The van der Waals surface area contributed by atoms with Gasteiger partial charge >= 0.3 is 5.97 Å². The van der Waals surface area contributed by atoms with Gasteiger partial charge in [-0.05, 0) is 102 Å². The van der Waals surface area contributed by atoms with Crippen LogP contribution in [0.5, 0.6) is 0 Å². The first kappa shape index (κ1) is 19.3. The van der Waals surface area contributed by atoms with E-state index in [9.17, 15) is 4.79 Å². The molecule has 0 amide bonds. The predicted molar refractivity (Wildman–Crippen MR) is 115 cm³/mol. The van der Waals surface area contributed by atoms with Gasteiger partial charge in [-0.2, -0.15) is 0 Å². The lowest BCUT2D eigenvalue weighted by molar-refractivity contribution is -0.144. The van der Waals surface area contributed by atoms with Crippen LogP contribution in [0.25, 0.3) is 5.57 Å². The number of carbonyl (C=O) groups is 1. The molecule has 2 heterocycles. The minimum absolute atomic E-state index is 0.0194. The number of rotatable bonds is 2. The zero-order valence-electron chi connectivity index (χ0n) is 18.2. The molecule has 1 aromatic rings. The van der Waals surface area contributed by atoms with E-state index in [0.29, 0.717) is 18.9 Å². The first-order chi connectivity index (χ1) is 14.0. The Morgan fingerprint density at radius 3 is 2.83 bits per heavy atom. The van der Waals surface area contributed by atoms with E-state index in [0.717, 1.165) is 30.6 Å². The highest BCUT2D eigenvalue weighted by molar-refractivity contribution is 5.73. The molecular formula is C26H35NO2. The highest BCUT2D eigenvalue weighted by Crippen LogP contribution is 2.66. The second kappa shape index (κ2) is 6.96. The van der Waals surface area contributed by atoms with Gasteiger partial charge in [0.1, 0.15) is 0 Å². The third-order valence-corrected chi connectivity index (χ3v) is 9.47. The molecule has 2 saturated carbocycles. The van der Waals surface area contributed by atoms with E-state index < -0.39 is 0 Å². The van der Waals surface area contributed by atoms with Crippen molar-refractivity contribution >= 4 is 11.5 Å². The summed E-state index contributed by atoms with van der Waals surface area (Å²) in [6, 6.07) is 2.37. The average molecular weight is 394 g/mol. The Balaban J connectivity index is 1.44. The lowest BCUT2D eigenvalue weighted by Crippen LogP contribution is -2.51. The Morgan fingerprint density at radius 1 is 1.14 bits per heavy atom. The molecular weight excluding hydrogens is 358 g/mol. The molecule has 156 valence electrons.